The molecule has 0 unspecified atom stereocenters. The fourth-order valence-corrected chi connectivity index (χ4v) is 2.42. The maximum atomic E-state index is 11.8. The molecule has 0 heterocycles. The molecular weight excluding hydrogens is 377 g/mol. The van der Waals surface area contributed by atoms with Crippen molar-refractivity contribution < 1.29 is 19.1 Å². The second-order valence-corrected chi connectivity index (χ2v) is 5.96. The van der Waals surface area contributed by atoms with Crippen LogP contribution in [0.25, 0.3) is 6.08 Å². The third kappa shape index (κ3) is 6.43. The van der Waals surface area contributed by atoms with Crippen LogP contribution >= 0.6 is 23.2 Å². The Labute approximate surface area is 161 Å². The molecule has 2 aromatic rings. The highest BCUT2D eigenvalue weighted by molar-refractivity contribution is 6.36. The van der Waals surface area contributed by atoms with E-state index >= 15 is 0 Å². The van der Waals surface area contributed by atoms with Crippen LogP contribution in [-0.2, 0) is 14.3 Å². The van der Waals surface area contributed by atoms with Gasteiger partial charge in [0.2, 0.25) is 0 Å². The minimum Gasteiger partial charge on any atom is -0.494 e. The minimum atomic E-state index is -0.628. The monoisotopic (exact) mass is 393 g/mol. The molecule has 0 spiro atoms. The normalized spacial score (nSPS) is 10.6. The van der Waals surface area contributed by atoms with Gasteiger partial charge in [0.05, 0.1) is 17.3 Å². The van der Waals surface area contributed by atoms with Gasteiger partial charge in [-0.3, -0.25) is 4.79 Å². The maximum absolute atomic E-state index is 11.8. The molecule has 0 aromatic heterocycles. The first-order chi connectivity index (χ1) is 12.5. The van der Waals surface area contributed by atoms with Crippen molar-refractivity contribution in [3.63, 3.8) is 0 Å². The minimum absolute atomic E-state index is 0.299. The Kier molecular flexibility index (Phi) is 7.51. The first kappa shape index (κ1) is 19.8. The Balaban J connectivity index is 1.81. The number of benzene rings is 2. The third-order valence-electron chi connectivity index (χ3n) is 3.15. The number of halogens is 2. The highest BCUT2D eigenvalue weighted by Crippen LogP contribution is 2.25. The summed E-state index contributed by atoms with van der Waals surface area (Å²) in [6, 6.07) is 11.9. The Bertz CT molecular complexity index is 804. The van der Waals surface area contributed by atoms with Gasteiger partial charge in [-0.25, -0.2) is 4.79 Å². The molecule has 1 N–H and O–H groups in total. The molecule has 0 radical (unpaired) electrons. The third-order valence-corrected chi connectivity index (χ3v) is 3.70. The average Bonchev–Trinajstić information content (AvgIpc) is 2.62. The van der Waals surface area contributed by atoms with E-state index in [1.807, 2.05) is 19.1 Å². The molecule has 0 bridgehead atoms. The van der Waals surface area contributed by atoms with E-state index in [-0.39, 0.29) is 0 Å². The highest BCUT2D eigenvalue weighted by atomic mass is 35.5. The Morgan fingerprint density at radius 3 is 2.50 bits per heavy atom. The van der Waals surface area contributed by atoms with Gasteiger partial charge < -0.3 is 14.8 Å². The van der Waals surface area contributed by atoms with Gasteiger partial charge in [0.15, 0.2) is 6.61 Å². The Hall–Kier alpha value is -2.50. The van der Waals surface area contributed by atoms with Crippen molar-refractivity contribution in [1.29, 1.82) is 0 Å². The molecular formula is C19H17Cl2NO4. The van der Waals surface area contributed by atoms with Crippen molar-refractivity contribution in [2.75, 3.05) is 18.5 Å². The van der Waals surface area contributed by atoms with Crippen LogP contribution in [0.4, 0.5) is 5.69 Å². The molecule has 26 heavy (non-hydrogen) atoms. The molecule has 5 nitrogen and oxygen atoms in total. The summed E-state index contributed by atoms with van der Waals surface area (Å²) in [5.74, 6) is -0.377. The molecule has 0 aliphatic carbocycles. The van der Waals surface area contributed by atoms with Crippen LogP contribution in [0.2, 0.25) is 10.0 Å². The van der Waals surface area contributed by atoms with Crippen molar-refractivity contribution in [2.45, 2.75) is 6.92 Å². The second-order valence-electron chi connectivity index (χ2n) is 5.12. The van der Waals surface area contributed by atoms with Gasteiger partial charge in [0, 0.05) is 11.1 Å². The lowest BCUT2D eigenvalue weighted by Gasteiger charge is -2.07. The van der Waals surface area contributed by atoms with E-state index in [0.29, 0.717) is 22.3 Å². The highest BCUT2D eigenvalue weighted by Gasteiger charge is 2.08. The lowest BCUT2D eigenvalue weighted by atomic mass is 10.2. The summed E-state index contributed by atoms with van der Waals surface area (Å²) in [5, 5.41) is 3.30. The van der Waals surface area contributed by atoms with E-state index in [2.05, 4.69) is 5.32 Å². The molecule has 0 aliphatic rings. The standard InChI is InChI=1S/C19H17Cl2NO4/c1-2-25-15-7-3-13(4-8-15)5-10-19(24)26-12-18(23)22-17-9-6-14(20)11-16(17)21/h3-11H,2,12H2,1H3,(H,22,23)/b10-5+. The molecule has 1 amide bonds. The fourth-order valence-electron chi connectivity index (χ4n) is 1.97. The SMILES string of the molecule is CCOc1ccc(/C=C/C(=O)OCC(=O)Nc2ccc(Cl)cc2Cl)cc1. The number of rotatable bonds is 7. The van der Waals surface area contributed by atoms with Gasteiger partial charge in [-0.1, -0.05) is 35.3 Å². The number of hydrogen-bond donors (Lipinski definition) is 1. The van der Waals surface area contributed by atoms with Gasteiger partial charge >= 0.3 is 5.97 Å². The van der Waals surface area contributed by atoms with E-state index in [1.165, 1.54) is 12.1 Å². The first-order valence-electron chi connectivity index (χ1n) is 7.80. The lowest BCUT2D eigenvalue weighted by Crippen LogP contribution is -2.20. The molecule has 0 saturated carbocycles. The summed E-state index contributed by atoms with van der Waals surface area (Å²) in [4.78, 5) is 23.5. The summed E-state index contributed by atoms with van der Waals surface area (Å²) < 4.78 is 10.2. The summed E-state index contributed by atoms with van der Waals surface area (Å²) in [5.41, 5.74) is 1.20. The van der Waals surface area contributed by atoms with Crippen LogP contribution in [-0.4, -0.2) is 25.1 Å². The Morgan fingerprint density at radius 1 is 1.12 bits per heavy atom. The van der Waals surface area contributed by atoms with Gasteiger partial charge in [-0.05, 0) is 48.9 Å². The molecule has 7 heteroatoms. The van der Waals surface area contributed by atoms with E-state index in [0.717, 1.165) is 11.3 Å². The molecule has 0 aliphatic heterocycles. The molecule has 0 fully saturated rings. The molecule has 0 atom stereocenters. The van der Waals surface area contributed by atoms with Crippen molar-refractivity contribution in [1.82, 2.24) is 0 Å². The number of hydrogen-bond acceptors (Lipinski definition) is 4. The Morgan fingerprint density at radius 2 is 1.85 bits per heavy atom. The zero-order chi connectivity index (χ0) is 18.9. The summed E-state index contributed by atoms with van der Waals surface area (Å²) in [6.45, 7) is 2.07. The topological polar surface area (TPSA) is 64.6 Å². The molecule has 2 rings (SSSR count). The number of nitrogens with one attached hydrogen (secondary N) is 1. The van der Waals surface area contributed by atoms with Gasteiger partial charge in [-0.15, -0.1) is 0 Å². The van der Waals surface area contributed by atoms with Gasteiger partial charge in [0.25, 0.3) is 5.91 Å². The van der Waals surface area contributed by atoms with Crippen molar-refractivity contribution in [3.05, 3.63) is 64.1 Å². The van der Waals surface area contributed by atoms with Crippen LogP contribution in [0.15, 0.2) is 48.5 Å². The maximum Gasteiger partial charge on any atom is 0.331 e. The molecule has 136 valence electrons. The summed E-state index contributed by atoms with van der Waals surface area (Å²) in [6.07, 6.45) is 2.84. The van der Waals surface area contributed by atoms with Crippen LogP contribution in [0.1, 0.15) is 12.5 Å². The summed E-state index contributed by atoms with van der Waals surface area (Å²) >= 11 is 11.7. The van der Waals surface area contributed by atoms with Crippen molar-refractivity contribution in [2.24, 2.45) is 0 Å². The summed E-state index contributed by atoms with van der Waals surface area (Å²) in [7, 11) is 0. The number of esters is 1. The smallest absolute Gasteiger partial charge is 0.331 e. The number of amides is 1. The molecule has 0 saturated heterocycles. The zero-order valence-electron chi connectivity index (χ0n) is 14.0. The van der Waals surface area contributed by atoms with Gasteiger partial charge in [-0.2, -0.15) is 0 Å². The van der Waals surface area contributed by atoms with E-state index in [1.54, 1.807) is 30.3 Å². The van der Waals surface area contributed by atoms with Gasteiger partial charge in [0.1, 0.15) is 5.75 Å². The van der Waals surface area contributed by atoms with Crippen molar-refractivity contribution in [3.8, 4) is 5.75 Å². The van der Waals surface area contributed by atoms with Crippen molar-refractivity contribution >= 4 is 46.8 Å². The number of anilines is 1. The van der Waals surface area contributed by atoms with E-state index in [4.69, 9.17) is 32.7 Å². The predicted molar refractivity (Wildman–Crippen MR) is 103 cm³/mol. The molecule has 2 aromatic carbocycles. The van der Waals surface area contributed by atoms with E-state index in [9.17, 15) is 9.59 Å². The number of carbonyl (C=O) groups excluding carboxylic acids is 2. The largest absolute Gasteiger partial charge is 0.494 e. The van der Waals surface area contributed by atoms with E-state index < -0.39 is 18.5 Å². The first-order valence-corrected chi connectivity index (χ1v) is 8.56. The predicted octanol–water partition coefficient (Wildman–Crippen LogP) is 4.59. The van der Waals surface area contributed by atoms with Crippen LogP contribution in [0, 0.1) is 0 Å². The zero-order valence-corrected chi connectivity index (χ0v) is 15.5. The van der Waals surface area contributed by atoms with Crippen LogP contribution in [0.5, 0.6) is 5.75 Å². The fraction of sp³-hybridized carbons (Fsp3) is 0.158. The van der Waals surface area contributed by atoms with Crippen LogP contribution < -0.4 is 10.1 Å². The second kappa shape index (κ2) is 9.85. The number of carbonyl (C=O) groups is 2. The quantitative estimate of drug-likeness (QED) is 0.551. The lowest BCUT2D eigenvalue weighted by molar-refractivity contribution is -0.142. The number of ether oxygens (including phenoxy) is 2. The van der Waals surface area contributed by atoms with Crippen LogP contribution in [0.3, 0.4) is 0 Å². The average molecular weight is 394 g/mol.